The van der Waals surface area contributed by atoms with Gasteiger partial charge < -0.3 is 4.74 Å². The van der Waals surface area contributed by atoms with Gasteiger partial charge in [0.1, 0.15) is 0 Å². The molecule has 1 fully saturated rings. The number of benzene rings is 1. The summed E-state index contributed by atoms with van der Waals surface area (Å²) in [4.78, 5) is 0. The first-order chi connectivity index (χ1) is 7.68. The minimum atomic E-state index is -0.816. The standard InChI is InChI=1S/C12H13ClF2O/c13-10(9-4-5-16-7-9)6-8-2-1-3-11(14)12(8)15/h1-3,9-10H,4-7H2. The van der Waals surface area contributed by atoms with E-state index < -0.39 is 11.6 Å². The first-order valence-corrected chi connectivity index (χ1v) is 5.77. The van der Waals surface area contributed by atoms with Gasteiger partial charge in [0.25, 0.3) is 0 Å². The lowest BCUT2D eigenvalue weighted by molar-refractivity contribution is 0.185. The summed E-state index contributed by atoms with van der Waals surface area (Å²) in [6, 6.07) is 4.19. The van der Waals surface area contributed by atoms with Crippen molar-refractivity contribution in [3.05, 3.63) is 35.4 Å². The van der Waals surface area contributed by atoms with Crippen molar-refractivity contribution in [1.82, 2.24) is 0 Å². The van der Waals surface area contributed by atoms with Crippen molar-refractivity contribution in [3.8, 4) is 0 Å². The summed E-state index contributed by atoms with van der Waals surface area (Å²) in [5.74, 6) is -1.36. The van der Waals surface area contributed by atoms with Gasteiger partial charge >= 0.3 is 0 Å². The summed E-state index contributed by atoms with van der Waals surface area (Å²) < 4.78 is 31.6. The topological polar surface area (TPSA) is 9.23 Å². The third-order valence-electron chi connectivity index (χ3n) is 2.92. The molecule has 1 saturated heterocycles. The quantitative estimate of drug-likeness (QED) is 0.745. The second kappa shape index (κ2) is 5.11. The fourth-order valence-corrected chi connectivity index (χ4v) is 2.29. The van der Waals surface area contributed by atoms with Crippen molar-refractivity contribution in [2.45, 2.75) is 18.2 Å². The molecular formula is C12H13ClF2O. The summed E-state index contributed by atoms with van der Waals surface area (Å²) in [5.41, 5.74) is 0.340. The number of hydrogen-bond acceptors (Lipinski definition) is 1. The Morgan fingerprint density at radius 2 is 2.25 bits per heavy atom. The Kier molecular flexibility index (Phi) is 3.77. The maximum absolute atomic E-state index is 13.4. The molecule has 0 aromatic heterocycles. The molecule has 0 radical (unpaired) electrons. The lowest BCUT2D eigenvalue weighted by atomic mass is 9.98. The maximum Gasteiger partial charge on any atom is 0.162 e. The number of rotatable bonds is 3. The zero-order valence-corrected chi connectivity index (χ0v) is 9.51. The van der Waals surface area contributed by atoms with Crippen molar-refractivity contribution in [2.75, 3.05) is 13.2 Å². The van der Waals surface area contributed by atoms with Crippen LogP contribution >= 0.6 is 11.6 Å². The second-order valence-corrected chi connectivity index (χ2v) is 4.62. The predicted octanol–water partition coefficient (Wildman–Crippen LogP) is 3.15. The Morgan fingerprint density at radius 3 is 2.94 bits per heavy atom. The van der Waals surface area contributed by atoms with E-state index in [1.807, 2.05) is 0 Å². The van der Waals surface area contributed by atoms with Gasteiger partial charge in [-0.15, -0.1) is 11.6 Å². The van der Waals surface area contributed by atoms with Crippen LogP contribution in [0.2, 0.25) is 0 Å². The van der Waals surface area contributed by atoms with E-state index in [0.29, 0.717) is 25.2 Å². The van der Waals surface area contributed by atoms with E-state index in [1.54, 1.807) is 6.07 Å². The first kappa shape index (κ1) is 11.8. The van der Waals surface area contributed by atoms with Crippen LogP contribution in [0.15, 0.2) is 18.2 Å². The van der Waals surface area contributed by atoms with Crippen LogP contribution in [0.1, 0.15) is 12.0 Å². The first-order valence-electron chi connectivity index (χ1n) is 5.33. The van der Waals surface area contributed by atoms with Crippen LogP contribution < -0.4 is 0 Å². The van der Waals surface area contributed by atoms with E-state index in [0.717, 1.165) is 12.5 Å². The van der Waals surface area contributed by atoms with Gasteiger partial charge in [0.05, 0.1) is 6.61 Å². The molecule has 88 valence electrons. The Labute approximate surface area is 98.4 Å². The van der Waals surface area contributed by atoms with Gasteiger partial charge in [-0.2, -0.15) is 0 Å². The van der Waals surface area contributed by atoms with Crippen LogP contribution in [0, 0.1) is 17.6 Å². The molecule has 0 bridgehead atoms. The molecule has 0 amide bonds. The summed E-state index contributed by atoms with van der Waals surface area (Å²) >= 11 is 6.18. The van der Waals surface area contributed by atoms with Crippen molar-refractivity contribution >= 4 is 11.6 Å². The zero-order valence-electron chi connectivity index (χ0n) is 8.76. The average Bonchev–Trinajstić information content (AvgIpc) is 2.78. The van der Waals surface area contributed by atoms with Crippen molar-refractivity contribution in [3.63, 3.8) is 0 Å². The van der Waals surface area contributed by atoms with E-state index in [4.69, 9.17) is 16.3 Å². The van der Waals surface area contributed by atoms with Crippen LogP contribution in [0.4, 0.5) is 8.78 Å². The SMILES string of the molecule is Fc1cccc(CC(Cl)C2CCOC2)c1F. The Bertz CT molecular complexity index is 364. The molecular weight excluding hydrogens is 234 g/mol. The van der Waals surface area contributed by atoms with Crippen LogP contribution in [-0.2, 0) is 11.2 Å². The van der Waals surface area contributed by atoms with E-state index in [-0.39, 0.29) is 11.3 Å². The number of hydrogen-bond donors (Lipinski definition) is 0. The summed E-state index contributed by atoms with van der Waals surface area (Å²) in [5, 5.41) is -0.196. The third kappa shape index (κ3) is 2.53. The Morgan fingerprint density at radius 1 is 1.44 bits per heavy atom. The van der Waals surface area contributed by atoms with Crippen molar-refractivity contribution < 1.29 is 13.5 Å². The highest BCUT2D eigenvalue weighted by molar-refractivity contribution is 6.20. The highest BCUT2D eigenvalue weighted by Gasteiger charge is 2.25. The second-order valence-electron chi connectivity index (χ2n) is 4.06. The Hall–Kier alpha value is -0.670. The molecule has 16 heavy (non-hydrogen) atoms. The zero-order chi connectivity index (χ0) is 11.5. The van der Waals surface area contributed by atoms with Gasteiger partial charge in [-0.25, -0.2) is 8.78 Å². The van der Waals surface area contributed by atoms with Crippen LogP contribution in [-0.4, -0.2) is 18.6 Å². The van der Waals surface area contributed by atoms with Crippen molar-refractivity contribution in [2.24, 2.45) is 5.92 Å². The summed E-state index contributed by atoms with van der Waals surface area (Å²) in [7, 11) is 0. The summed E-state index contributed by atoms with van der Waals surface area (Å²) in [6.45, 7) is 1.32. The fraction of sp³-hybridized carbons (Fsp3) is 0.500. The third-order valence-corrected chi connectivity index (χ3v) is 3.43. The minimum Gasteiger partial charge on any atom is -0.381 e. The molecule has 1 heterocycles. The number of alkyl halides is 1. The number of halogens is 3. The van der Waals surface area contributed by atoms with E-state index in [1.165, 1.54) is 6.07 Å². The lowest BCUT2D eigenvalue weighted by Crippen LogP contribution is -2.18. The molecule has 0 spiro atoms. The predicted molar refractivity (Wildman–Crippen MR) is 58.6 cm³/mol. The van der Waals surface area contributed by atoms with Gasteiger partial charge in [0, 0.05) is 17.9 Å². The molecule has 1 nitrogen and oxygen atoms in total. The molecule has 2 unspecified atom stereocenters. The van der Waals surface area contributed by atoms with Crippen LogP contribution in [0.25, 0.3) is 0 Å². The van der Waals surface area contributed by atoms with Gasteiger partial charge in [0.15, 0.2) is 11.6 Å². The van der Waals surface area contributed by atoms with Gasteiger partial charge in [0.2, 0.25) is 0 Å². The molecule has 2 rings (SSSR count). The average molecular weight is 247 g/mol. The van der Waals surface area contributed by atoms with Crippen LogP contribution in [0.5, 0.6) is 0 Å². The normalized spacial score (nSPS) is 22.3. The van der Waals surface area contributed by atoms with E-state index in [9.17, 15) is 8.78 Å². The van der Waals surface area contributed by atoms with E-state index >= 15 is 0 Å². The van der Waals surface area contributed by atoms with Gasteiger partial charge in [-0.1, -0.05) is 12.1 Å². The molecule has 2 atom stereocenters. The van der Waals surface area contributed by atoms with Gasteiger partial charge in [-0.3, -0.25) is 0 Å². The molecule has 0 saturated carbocycles. The molecule has 1 aliphatic heterocycles. The highest BCUT2D eigenvalue weighted by Crippen LogP contribution is 2.25. The Balaban J connectivity index is 2.05. The molecule has 1 aromatic carbocycles. The summed E-state index contributed by atoms with van der Waals surface area (Å²) in [6.07, 6.45) is 1.24. The monoisotopic (exact) mass is 246 g/mol. The molecule has 0 aliphatic carbocycles. The minimum absolute atomic E-state index is 0.196. The van der Waals surface area contributed by atoms with Crippen molar-refractivity contribution in [1.29, 1.82) is 0 Å². The number of ether oxygens (including phenoxy) is 1. The molecule has 0 N–H and O–H groups in total. The fourth-order valence-electron chi connectivity index (χ4n) is 1.92. The van der Waals surface area contributed by atoms with Gasteiger partial charge in [-0.05, 0) is 24.5 Å². The van der Waals surface area contributed by atoms with E-state index in [2.05, 4.69) is 0 Å². The lowest BCUT2D eigenvalue weighted by Gasteiger charge is -2.15. The largest absolute Gasteiger partial charge is 0.381 e. The molecule has 1 aromatic rings. The smallest absolute Gasteiger partial charge is 0.162 e. The molecule has 1 aliphatic rings. The highest BCUT2D eigenvalue weighted by atomic mass is 35.5. The van der Waals surface area contributed by atoms with Crippen LogP contribution in [0.3, 0.4) is 0 Å². The maximum atomic E-state index is 13.4. The molecule has 4 heteroatoms.